The Hall–Kier alpha value is -2.35. The van der Waals surface area contributed by atoms with Crippen molar-refractivity contribution in [2.24, 2.45) is 5.41 Å². The van der Waals surface area contributed by atoms with Gasteiger partial charge >= 0.3 is 11.9 Å². The average molecular weight is 303 g/mol. The van der Waals surface area contributed by atoms with E-state index in [-0.39, 0.29) is 6.61 Å². The van der Waals surface area contributed by atoms with E-state index in [0.717, 1.165) is 0 Å². The number of nitriles is 1. The van der Waals surface area contributed by atoms with E-state index in [4.69, 9.17) is 14.7 Å². The highest BCUT2D eigenvalue weighted by Crippen LogP contribution is 2.31. The first-order valence-electron chi connectivity index (χ1n) is 7.43. The van der Waals surface area contributed by atoms with E-state index in [9.17, 15) is 9.59 Å². The normalized spacial score (nSPS) is 10.6. The highest BCUT2D eigenvalue weighted by molar-refractivity contribution is 6.00. The largest absolute Gasteiger partial charge is 0.465 e. The van der Waals surface area contributed by atoms with Crippen LogP contribution in [0, 0.1) is 16.7 Å². The fourth-order valence-corrected chi connectivity index (χ4v) is 2.05. The van der Waals surface area contributed by atoms with Crippen LogP contribution in [0.1, 0.15) is 45.6 Å². The lowest BCUT2D eigenvalue weighted by Crippen LogP contribution is -2.42. The second kappa shape index (κ2) is 8.18. The Morgan fingerprint density at radius 2 is 1.68 bits per heavy atom. The first-order chi connectivity index (χ1) is 10.5. The number of carbonyl (C=O) groups is 2. The monoisotopic (exact) mass is 303 g/mol. The second-order valence-electron chi connectivity index (χ2n) is 4.95. The number of hydrogen-bond donors (Lipinski definition) is 0. The van der Waals surface area contributed by atoms with Gasteiger partial charge in [-0.3, -0.25) is 9.59 Å². The van der Waals surface area contributed by atoms with Crippen molar-refractivity contribution in [1.82, 2.24) is 0 Å². The molecule has 0 unspecified atom stereocenters. The van der Waals surface area contributed by atoms with E-state index in [1.807, 2.05) is 13.0 Å². The van der Waals surface area contributed by atoms with Gasteiger partial charge in [0, 0.05) is 0 Å². The van der Waals surface area contributed by atoms with E-state index in [2.05, 4.69) is 0 Å². The molecule has 0 spiro atoms. The highest BCUT2D eigenvalue weighted by atomic mass is 16.6. The van der Waals surface area contributed by atoms with Crippen molar-refractivity contribution in [3.8, 4) is 11.8 Å². The lowest BCUT2D eigenvalue weighted by molar-refractivity contribution is -0.168. The third-order valence-electron chi connectivity index (χ3n) is 3.62. The maximum absolute atomic E-state index is 12.5. The van der Waals surface area contributed by atoms with Crippen molar-refractivity contribution in [1.29, 1.82) is 5.26 Å². The minimum absolute atomic E-state index is 0.282. The number of esters is 2. The number of nitrogens with zero attached hydrogens (tertiary/aromatic N) is 1. The summed E-state index contributed by atoms with van der Waals surface area (Å²) in [5.41, 5.74) is -0.817. The molecular weight excluding hydrogens is 282 g/mol. The van der Waals surface area contributed by atoms with Crippen LogP contribution in [0.3, 0.4) is 0 Å². The highest BCUT2D eigenvalue weighted by Gasteiger charge is 2.46. The molecule has 0 N–H and O–H groups in total. The van der Waals surface area contributed by atoms with E-state index in [1.54, 1.807) is 26.0 Å². The van der Waals surface area contributed by atoms with Crippen molar-refractivity contribution >= 4 is 11.9 Å². The van der Waals surface area contributed by atoms with E-state index in [1.165, 1.54) is 12.1 Å². The summed E-state index contributed by atoms with van der Waals surface area (Å²) >= 11 is 0. The molecule has 0 fully saturated rings. The van der Waals surface area contributed by atoms with Crippen LogP contribution in [-0.2, 0) is 14.3 Å². The standard InChI is InChI=1S/C17H21NO4/c1-4-11-21-15(19)17(5-2,6-3)16(20)22-14-9-7-13(12-18)8-10-14/h7-10H,4-6,11H2,1-3H3. The van der Waals surface area contributed by atoms with Gasteiger partial charge in [-0.1, -0.05) is 20.8 Å². The molecule has 0 aromatic heterocycles. The first kappa shape index (κ1) is 17.7. The van der Waals surface area contributed by atoms with Crippen LogP contribution in [0.4, 0.5) is 0 Å². The number of hydrogen-bond acceptors (Lipinski definition) is 5. The van der Waals surface area contributed by atoms with Crippen LogP contribution >= 0.6 is 0 Å². The number of carbonyl (C=O) groups excluding carboxylic acids is 2. The van der Waals surface area contributed by atoms with Gasteiger partial charge in [0.2, 0.25) is 0 Å². The average Bonchev–Trinajstić information content (AvgIpc) is 2.55. The molecule has 0 aliphatic heterocycles. The van der Waals surface area contributed by atoms with Crippen LogP contribution < -0.4 is 4.74 Å². The van der Waals surface area contributed by atoms with Crippen molar-refractivity contribution in [3.05, 3.63) is 29.8 Å². The van der Waals surface area contributed by atoms with Crippen LogP contribution in [0.15, 0.2) is 24.3 Å². The lowest BCUT2D eigenvalue weighted by Gasteiger charge is -2.26. The molecule has 0 aliphatic rings. The lowest BCUT2D eigenvalue weighted by atomic mass is 9.82. The topological polar surface area (TPSA) is 76.4 Å². The molecule has 22 heavy (non-hydrogen) atoms. The molecule has 118 valence electrons. The zero-order valence-electron chi connectivity index (χ0n) is 13.2. The molecule has 0 heterocycles. The fourth-order valence-electron chi connectivity index (χ4n) is 2.05. The summed E-state index contributed by atoms with van der Waals surface area (Å²) in [5.74, 6) is -0.861. The van der Waals surface area contributed by atoms with Crippen LogP contribution in [0.25, 0.3) is 0 Å². The smallest absolute Gasteiger partial charge is 0.328 e. The minimum Gasteiger partial charge on any atom is -0.465 e. The Balaban J connectivity index is 2.92. The van der Waals surface area contributed by atoms with Gasteiger partial charge in [-0.25, -0.2) is 0 Å². The molecule has 0 saturated carbocycles. The van der Waals surface area contributed by atoms with Gasteiger partial charge in [0.25, 0.3) is 0 Å². The van der Waals surface area contributed by atoms with Gasteiger partial charge < -0.3 is 9.47 Å². The molecule has 0 aliphatic carbocycles. The molecule has 1 aromatic carbocycles. The molecule has 0 amide bonds. The molecule has 1 aromatic rings. The zero-order chi connectivity index (χ0) is 16.6. The summed E-state index contributed by atoms with van der Waals surface area (Å²) < 4.78 is 10.5. The Bertz CT molecular complexity index is 553. The molecule has 1 rings (SSSR count). The van der Waals surface area contributed by atoms with Gasteiger partial charge in [-0.2, -0.15) is 5.26 Å². The molecular formula is C17H21NO4. The minimum atomic E-state index is -1.29. The third kappa shape index (κ3) is 3.85. The van der Waals surface area contributed by atoms with Crippen LogP contribution in [-0.4, -0.2) is 18.5 Å². The zero-order valence-corrected chi connectivity index (χ0v) is 13.2. The Labute approximate surface area is 130 Å². The fraction of sp³-hybridized carbons (Fsp3) is 0.471. The van der Waals surface area contributed by atoms with Crippen LogP contribution in [0.2, 0.25) is 0 Å². The van der Waals surface area contributed by atoms with E-state index >= 15 is 0 Å². The van der Waals surface area contributed by atoms with Crippen molar-refractivity contribution in [2.45, 2.75) is 40.0 Å². The van der Waals surface area contributed by atoms with Crippen molar-refractivity contribution in [3.63, 3.8) is 0 Å². The molecule has 5 heteroatoms. The Morgan fingerprint density at radius 3 is 2.14 bits per heavy atom. The first-order valence-corrected chi connectivity index (χ1v) is 7.43. The summed E-state index contributed by atoms with van der Waals surface area (Å²) in [5, 5.41) is 8.75. The summed E-state index contributed by atoms with van der Waals surface area (Å²) in [6, 6.07) is 8.16. The number of ether oxygens (including phenoxy) is 2. The maximum Gasteiger partial charge on any atom is 0.328 e. The van der Waals surface area contributed by atoms with Crippen LogP contribution in [0.5, 0.6) is 5.75 Å². The second-order valence-corrected chi connectivity index (χ2v) is 4.95. The third-order valence-corrected chi connectivity index (χ3v) is 3.62. The molecule has 0 radical (unpaired) electrons. The maximum atomic E-state index is 12.5. The van der Waals surface area contributed by atoms with Gasteiger partial charge in [-0.05, 0) is 43.5 Å². The van der Waals surface area contributed by atoms with Gasteiger partial charge in [0.1, 0.15) is 5.75 Å². The molecule has 0 saturated heterocycles. The van der Waals surface area contributed by atoms with E-state index < -0.39 is 17.4 Å². The molecule has 5 nitrogen and oxygen atoms in total. The Morgan fingerprint density at radius 1 is 1.09 bits per heavy atom. The van der Waals surface area contributed by atoms with E-state index in [0.29, 0.717) is 30.6 Å². The molecule has 0 bridgehead atoms. The quantitative estimate of drug-likeness (QED) is 0.439. The predicted molar refractivity (Wildman–Crippen MR) is 81.1 cm³/mol. The van der Waals surface area contributed by atoms with Crippen molar-refractivity contribution < 1.29 is 19.1 Å². The summed E-state index contributed by atoms with van der Waals surface area (Å²) in [6.45, 7) is 5.69. The summed E-state index contributed by atoms with van der Waals surface area (Å²) in [4.78, 5) is 24.7. The van der Waals surface area contributed by atoms with Crippen molar-refractivity contribution in [2.75, 3.05) is 6.61 Å². The van der Waals surface area contributed by atoms with Gasteiger partial charge in [0.15, 0.2) is 5.41 Å². The Kier molecular flexibility index (Phi) is 6.58. The SMILES string of the molecule is CCCOC(=O)C(CC)(CC)C(=O)Oc1ccc(C#N)cc1. The number of benzene rings is 1. The van der Waals surface area contributed by atoms with Gasteiger partial charge in [-0.15, -0.1) is 0 Å². The number of rotatable bonds is 7. The molecule has 0 atom stereocenters. The summed E-state index contributed by atoms with van der Waals surface area (Å²) in [7, 11) is 0. The predicted octanol–water partition coefficient (Wildman–Crippen LogP) is 3.22. The summed E-state index contributed by atoms with van der Waals surface area (Å²) in [6.07, 6.45) is 1.31. The van der Waals surface area contributed by atoms with Gasteiger partial charge in [0.05, 0.1) is 18.2 Å².